The van der Waals surface area contributed by atoms with E-state index in [1.807, 2.05) is 68.5 Å². The van der Waals surface area contributed by atoms with Crippen LogP contribution in [-0.2, 0) is 16.1 Å². The molecular weight excluding hydrogens is 326 g/mol. The predicted molar refractivity (Wildman–Crippen MR) is 106 cm³/mol. The molecule has 0 heterocycles. The highest BCUT2D eigenvalue weighted by molar-refractivity contribution is 5.84. The lowest BCUT2D eigenvalue weighted by molar-refractivity contribution is -0.143. The van der Waals surface area contributed by atoms with Gasteiger partial charge < -0.3 is 9.47 Å². The summed E-state index contributed by atoms with van der Waals surface area (Å²) in [5.74, 6) is 0.538. The highest BCUT2D eigenvalue weighted by Gasteiger charge is 2.20. The zero-order chi connectivity index (χ0) is 18.9. The van der Waals surface area contributed by atoms with Gasteiger partial charge in [-0.05, 0) is 46.9 Å². The van der Waals surface area contributed by atoms with E-state index in [0.29, 0.717) is 6.61 Å². The van der Waals surface area contributed by atoms with Gasteiger partial charge in [0.15, 0.2) is 0 Å². The second kappa shape index (κ2) is 9.56. The summed E-state index contributed by atoms with van der Waals surface area (Å²) in [6, 6.07) is 15.2. The summed E-state index contributed by atoms with van der Waals surface area (Å²) in [7, 11) is 1.38. The monoisotopic (exact) mass is 351 g/mol. The van der Waals surface area contributed by atoms with Crippen LogP contribution in [0.3, 0.4) is 0 Å². The van der Waals surface area contributed by atoms with Crippen molar-refractivity contribution in [3.8, 4) is 5.75 Å². The lowest BCUT2D eigenvalue weighted by Crippen LogP contribution is -2.25. The molecule has 0 fully saturated rings. The molecule has 0 unspecified atom stereocenters. The van der Waals surface area contributed by atoms with Crippen molar-refractivity contribution in [1.29, 1.82) is 0 Å². The molecule has 2 rings (SSSR count). The largest absolute Gasteiger partial charge is 0.489 e. The maximum Gasteiger partial charge on any atom is 0.330 e. The Bertz CT molecular complexity index is 746. The molecule has 2 aromatic rings. The number of hydrogen-bond donors (Lipinski definition) is 0. The van der Waals surface area contributed by atoms with Crippen LogP contribution in [0.5, 0.6) is 5.75 Å². The summed E-state index contributed by atoms with van der Waals surface area (Å²) in [5, 5.41) is 0. The Balaban J connectivity index is 1.95. The number of nitrogens with zero attached hydrogens (tertiary/aromatic N) is 1. The van der Waals surface area contributed by atoms with Crippen molar-refractivity contribution in [2.75, 3.05) is 7.11 Å². The molecule has 136 valence electrons. The molecule has 0 aromatic heterocycles. The van der Waals surface area contributed by atoms with E-state index in [2.05, 4.69) is 11.6 Å². The summed E-state index contributed by atoms with van der Waals surface area (Å²) in [5.41, 5.74) is 3.09. The van der Waals surface area contributed by atoms with Gasteiger partial charge in [0, 0.05) is 6.21 Å². The van der Waals surface area contributed by atoms with E-state index >= 15 is 0 Å². The minimum Gasteiger partial charge on any atom is -0.489 e. The minimum absolute atomic E-state index is 0.0776. The summed E-state index contributed by atoms with van der Waals surface area (Å²) in [6.07, 6.45) is 3.51. The zero-order valence-corrected chi connectivity index (χ0v) is 15.5. The number of ether oxygens (including phenoxy) is 2. The molecule has 2 aromatic carbocycles. The molecule has 0 amide bonds. The molecule has 4 nitrogen and oxygen atoms in total. The first kappa shape index (κ1) is 19.4. The maximum atomic E-state index is 11.7. The Labute approximate surface area is 155 Å². The van der Waals surface area contributed by atoms with E-state index in [0.717, 1.165) is 22.4 Å². The normalized spacial score (nSPS) is 12.2. The first-order valence-corrected chi connectivity index (χ1v) is 8.58. The molecule has 1 atom stereocenters. The van der Waals surface area contributed by atoms with Crippen LogP contribution in [0.2, 0.25) is 0 Å². The van der Waals surface area contributed by atoms with Gasteiger partial charge >= 0.3 is 5.97 Å². The number of aliphatic imine (C=N–C) groups is 1. The number of carbonyl (C=O) groups excluding carboxylic acids is 1. The molecule has 0 spiro atoms. The smallest absolute Gasteiger partial charge is 0.330 e. The Hall–Kier alpha value is -2.88. The van der Waals surface area contributed by atoms with Gasteiger partial charge in [0.1, 0.15) is 18.4 Å². The fourth-order valence-electron chi connectivity index (χ4n) is 2.36. The van der Waals surface area contributed by atoms with E-state index in [1.165, 1.54) is 7.11 Å². The van der Waals surface area contributed by atoms with Crippen molar-refractivity contribution >= 4 is 18.3 Å². The van der Waals surface area contributed by atoms with E-state index < -0.39 is 6.04 Å². The SMILES string of the molecule is C=Cc1ccc(COc2ccc(C=N[C@H](C(=O)OC)C(C)C)cc2)cc1. The zero-order valence-electron chi connectivity index (χ0n) is 15.5. The van der Waals surface area contributed by atoms with Gasteiger partial charge in [0.25, 0.3) is 0 Å². The molecule has 0 radical (unpaired) electrons. The van der Waals surface area contributed by atoms with E-state index in [4.69, 9.17) is 9.47 Å². The van der Waals surface area contributed by atoms with Crippen LogP contribution in [0, 0.1) is 5.92 Å². The third-order valence-electron chi connectivity index (χ3n) is 3.96. The molecule has 0 saturated carbocycles. The average Bonchev–Trinajstić information content (AvgIpc) is 2.67. The number of carbonyl (C=O) groups is 1. The van der Waals surface area contributed by atoms with E-state index in [9.17, 15) is 4.79 Å². The maximum absolute atomic E-state index is 11.7. The Morgan fingerprint density at radius 2 is 1.69 bits per heavy atom. The van der Waals surface area contributed by atoms with Crippen molar-refractivity contribution in [3.05, 3.63) is 71.8 Å². The summed E-state index contributed by atoms with van der Waals surface area (Å²) < 4.78 is 10.6. The van der Waals surface area contributed by atoms with Gasteiger partial charge in [0.2, 0.25) is 0 Å². The first-order chi connectivity index (χ1) is 12.5. The predicted octanol–water partition coefficient (Wildman–Crippen LogP) is 4.53. The van der Waals surface area contributed by atoms with Crippen LogP contribution in [0.15, 0.2) is 60.1 Å². The minimum atomic E-state index is -0.491. The quantitative estimate of drug-likeness (QED) is 0.519. The average molecular weight is 351 g/mol. The Morgan fingerprint density at radius 3 is 2.23 bits per heavy atom. The third kappa shape index (κ3) is 5.59. The van der Waals surface area contributed by atoms with Crippen LogP contribution in [-0.4, -0.2) is 25.3 Å². The van der Waals surface area contributed by atoms with Gasteiger partial charge in [-0.1, -0.05) is 50.8 Å². The van der Waals surface area contributed by atoms with Crippen LogP contribution in [0.1, 0.15) is 30.5 Å². The number of methoxy groups -OCH3 is 1. The van der Waals surface area contributed by atoms with Crippen LogP contribution < -0.4 is 4.74 Å². The number of rotatable bonds is 8. The van der Waals surface area contributed by atoms with Gasteiger partial charge in [-0.25, -0.2) is 4.79 Å². The number of benzene rings is 2. The standard InChI is InChI=1S/C22H25NO3/c1-5-17-6-8-19(9-7-17)15-26-20-12-10-18(11-13-20)14-23-21(16(2)3)22(24)25-4/h5-14,16,21H,1,15H2,2-4H3/t21-/m0/s1. The molecule has 26 heavy (non-hydrogen) atoms. The molecule has 0 bridgehead atoms. The Morgan fingerprint density at radius 1 is 1.08 bits per heavy atom. The van der Waals surface area contributed by atoms with Crippen molar-refractivity contribution in [3.63, 3.8) is 0 Å². The van der Waals surface area contributed by atoms with Gasteiger partial charge in [-0.3, -0.25) is 4.99 Å². The molecule has 4 heteroatoms. The van der Waals surface area contributed by atoms with Crippen LogP contribution in [0.4, 0.5) is 0 Å². The second-order valence-corrected chi connectivity index (χ2v) is 6.29. The highest BCUT2D eigenvalue weighted by atomic mass is 16.5. The summed E-state index contributed by atoms with van der Waals surface area (Å²) in [6.45, 7) is 8.13. The number of hydrogen-bond acceptors (Lipinski definition) is 4. The molecule has 0 saturated heterocycles. The van der Waals surface area contributed by atoms with Crippen LogP contribution >= 0.6 is 0 Å². The van der Waals surface area contributed by atoms with Crippen LogP contribution in [0.25, 0.3) is 6.08 Å². The van der Waals surface area contributed by atoms with Crippen molar-refractivity contribution in [1.82, 2.24) is 0 Å². The third-order valence-corrected chi connectivity index (χ3v) is 3.96. The lowest BCUT2D eigenvalue weighted by atomic mass is 10.1. The first-order valence-electron chi connectivity index (χ1n) is 8.58. The summed E-state index contributed by atoms with van der Waals surface area (Å²) >= 11 is 0. The second-order valence-electron chi connectivity index (χ2n) is 6.29. The molecule has 0 aliphatic heterocycles. The highest BCUT2D eigenvalue weighted by Crippen LogP contribution is 2.15. The topological polar surface area (TPSA) is 47.9 Å². The van der Waals surface area contributed by atoms with Gasteiger partial charge in [-0.15, -0.1) is 0 Å². The van der Waals surface area contributed by atoms with Gasteiger partial charge in [0.05, 0.1) is 7.11 Å². The lowest BCUT2D eigenvalue weighted by Gasteiger charge is -2.13. The van der Waals surface area contributed by atoms with Crippen molar-refractivity contribution in [2.24, 2.45) is 10.9 Å². The molecule has 0 aliphatic carbocycles. The Kier molecular flexibility index (Phi) is 7.15. The fourth-order valence-corrected chi connectivity index (χ4v) is 2.36. The van der Waals surface area contributed by atoms with E-state index in [-0.39, 0.29) is 11.9 Å². The van der Waals surface area contributed by atoms with Gasteiger partial charge in [-0.2, -0.15) is 0 Å². The molecular formula is C22H25NO3. The molecule has 0 N–H and O–H groups in total. The van der Waals surface area contributed by atoms with Crippen molar-refractivity contribution < 1.29 is 14.3 Å². The number of esters is 1. The molecule has 0 aliphatic rings. The van der Waals surface area contributed by atoms with Crippen molar-refractivity contribution in [2.45, 2.75) is 26.5 Å². The fraction of sp³-hybridized carbons (Fsp3) is 0.273. The van der Waals surface area contributed by atoms with E-state index in [1.54, 1.807) is 6.21 Å². The summed E-state index contributed by atoms with van der Waals surface area (Å²) in [4.78, 5) is 16.1.